The summed E-state index contributed by atoms with van der Waals surface area (Å²) >= 11 is 0. The zero-order valence-electron chi connectivity index (χ0n) is 13.5. The van der Waals surface area contributed by atoms with E-state index < -0.39 is 0 Å². The third-order valence-corrected chi connectivity index (χ3v) is 3.89. The minimum atomic E-state index is 0.0219. The number of nitrogens with zero attached hydrogens (tertiary/aromatic N) is 2. The summed E-state index contributed by atoms with van der Waals surface area (Å²) in [5.41, 5.74) is 3.89. The van der Waals surface area contributed by atoms with Crippen molar-refractivity contribution in [3.63, 3.8) is 0 Å². The maximum atomic E-state index is 12.4. The van der Waals surface area contributed by atoms with Crippen molar-refractivity contribution in [1.29, 1.82) is 0 Å². The maximum absolute atomic E-state index is 12.4. The van der Waals surface area contributed by atoms with Crippen LogP contribution in [-0.4, -0.2) is 21.1 Å². The topological polar surface area (TPSA) is 70.7 Å². The number of rotatable bonds is 7. The molecule has 0 spiro atoms. The van der Waals surface area contributed by atoms with Gasteiger partial charge in [-0.2, -0.15) is 5.10 Å². The normalized spacial score (nSPS) is 12.1. The summed E-state index contributed by atoms with van der Waals surface area (Å²) in [6.45, 7) is 6.01. The van der Waals surface area contributed by atoms with E-state index >= 15 is 0 Å². The first kappa shape index (κ1) is 16.2. The van der Waals surface area contributed by atoms with Gasteiger partial charge in [-0.15, -0.1) is 0 Å². The molecule has 0 saturated carbocycles. The molecule has 0 fully saturated rings. The molecule has 1 amide bonds. The predicted molar refractivity (Wildman–Crippen MR) is 86.4 cm³/mol. The molecule has 5 nitrogen and oxygen atoms in total. The Labute approximate surface area is 131 Å². The van der Waals surface area contributed by atoms with Crippen LogP contribution in [0.2, 0.25) is 0 Å². The summed E-state index contributed by atoms with van der Waals surface area (Å²) in [7, 11) is 0. The molecule has 0 saturated heterocycles. The highest BCUT2D eigenvalue weighted by Gasteiger charge is 2.17. The number of unbranched alkanes of at least 4 members (excludes halogenated alkanes) is 1. The van der Waals surface area contributed by atoms with Gasteiger partial charge >= 0.3 is 0 Å². The molecule has 5 heteroatoms. The lowest BCUT2D eigenvalue weighted by Crippen LogP contribution is -2.30. The molecule has 1 atom stereocenters. The number of carbonyl (C=O) groups is 1. The van der Waals surface area contributed by atoms with Crippen molar-refractivity contribution in [3.05, 3.63) is 47.0 Å². The van der Waals surface area contributed by atoms with Crippen molar-refractivity contribution in [2.24, 2.45) is 0 Å². The van der Waals surface area contributed by atoms with Gasteiger partial charge in [0.1, 0.15) is 0 Å². The fraction of sp³-hybridized carbons (Fsp3) is 0.471. The molecular formula is C17H24N4O. The third kappa shape index (κ3) is 4.16. The summed E-state index contributed by atoms with van der Waals surface area (Å²) in [6, 6.07) is 3.95. The van der Waals surface area contributed by atoms with Gasteiger partial charge in [0.15, 0.2) is 0 Å². The molecule has 118 valence electrons. The molecule has 2 rings (SSSR count). The van der Waals surface area contributed by atoms with Gasteiger partial charge in [-0.1, -0.05) is 25.8 Å². The number of aromatic nitrogens is 3. The number of amides is 1. The van der Waals surface area contributed by atoms with Crippen molar-refractivity contribution in [3.8, 4) is 0 Å². The van der Waals surface area contributed by atoms with Crippen molar-refractivity contribution in [2.45, 2.75) is 52.5 Å². The van der Waals surface area contributed by atoms with Gasteiger partial charge in [-0.25, -0.2) is 0 Å². The van der Waals surface area contributed by atoms with E-state index in [0.717, 1.165) is 41.8 Å². The number of hydrogen-bond acceptors (Lipinski definition) is 3. The van der Waals surface area contributed by atoms with Crippen LogP contribution >= 0.6 is 0 Å². The molecular weight excluding hydrogens is 276 g/mol. The zero-order chi connectivity index (χ0) is 15.9. The molecule has 0 bridgehead atoms. The molecule has 2 N–H and O–H groups in total. The number of aryl methyl sites for hydroxylation is 2. The first-order valence-corrected chi connectivity index (χ1v) is 7.81. The van der Waals surface area contributed by atoms with Gasteiger partial charge in [0.25, 0.3) is 0 Å². The first-order chi connectivity index (χ1) is 10.6. The summed E-state index contributed by atoms with van der Waals surface area (Å²) in [4.78, 5) is 16.5. The Balaban J connectivity index is 2.05. The lowest BCUT2D eigenvalue weighted by atomic mass is 10.0. The van der Waals surface area contributed by atoms with E-state index in [1.807, 2.05) is 32.2 Å². The van der Waals surface area contributed by atoms with Gasteiger partial charge in [0.05, 0.1) is 18.2 Å². The second-order valence-electron chi connectivity index (χ2n) is 5.64. The van der Waals surface area contributed by atoms with E-state index in [0.29, 0.717) is 6.42 Å². The highest BCUT2D eigenvalue weighted by Crippen LogP contribution is 2.19. The van der Waals surface area contributed by atoms with E-state index in [9.17, 15) is 4.79 Å². The molecule has 2 aromatic rings. The molecule has 2 heterocycles. The van der Waals surface area contributed by atoms with Gasteiger partial charge in [0.2, 0.25) is 5.91 Å². The molecule has 0 unspecified atom stereocenters. The SMILES string of the molecule is CCCC[C@H](NC(=O)Cc1c(C)n[nH]c1C)c1cccnc1. The van der Waals surface area contributed by atoms with Gasteiger partial charge < -0.3 is 5.32 Å². The Morgan fingerprint density at radius 1 is 1.41 bits per heavy atom. The molecule has 0 aliphatic rings. The fourth-order valence-corrected chi connectivity index (χ4v) is 2.55. The number of H-pyrrole nitrogens is 1. The first-order valence-electron chi connectivity index (χ1n) is 7.81. The van der Waals surface area contributed by atoms with Crippen LogP contribution in [0.25, 0.3) is 0 Å². The quantitative estimate of drug-likeness (QED) is 0.825. The van der Waals surface area contributed by atoms with Crippen LogP contribution in [-0.2, 0) is 11.2 Å². The van der Waals surface area contributed by atoms with Crippen LogP contribution in [0.4, 0.5) is 0 Å². The lowest BCUT2D eigenvalue weighted by Gasteiger charge is -2.19. The fourth-order valence-electron chi connectivity index (χ4n) is 2.55. The van der Waals surface area contributed by atoms with Crippen LogP contribution in [0.3, 0.4) is 0 Å². The third-order valence-electron chi connectivity index (χ3n) is 3.89. The average Bonchev–Trinajstić information content (AvgIpc) is 2.84. The Hall–Kier alpha value is -2.17. The largest absolute Gasteiger partial charge is 0.349 e. The highest BCUT2D eigenvalue weighted by atomic mass is 16.1. The zero-order valence-corrected chi connectivity index (χ0v) is 13.5. The second-order valence-corrected chi connectivity index (χ2v) is 5.64. The van der Waals surface area contributed by atoms with E-state index in [-0.39, 0.29) is 11.9 Å². The maximum Gasteiger partial charge on any atom is 0.225 e. The second kappa shape index (κ2) is 7.73. The van der Waals surface area contributed by atoms with Crippen molar-refractivity contribution in [1.82, 2.24) is 20.5 Å². The van der Waals surface area contributed by atoms with Crippen LogP contribution in [0.5, 0.6) is 0 Å². The Morgan fingerprint density at radius 3 is 2.82 bits per heavy atom. The molecule has 0 aliphatic heterocycles. The van der Waals surface area contributed by atoms with Crippen LogP contribution in [0.1, 0.15) is 54.7 Å². The summed E-state index contributed by atoms with van der Waals surface area (Å²) < 4.78 is 0. The standard InChI is InChI=1S/C17H24N4O/c1-4-5-8-16(14-7-6-9-18-11-14)19-17(22)10-15-12(2)20-21-13(15)3/h6-7,9,11,16H,4-5,8,10H2,1-3H3,(H,19,22)(H,20,21)/t16-/m0/s1. The number of aromatic amines is 1. The number of pyridine rings is 1. The monoisotopic (exact) mass is 300 g/mol. The molecule has 2 aromatic heterocycles. The minimum Gasteiger partial charge on any atom is -0.349 e. The Bertz CT molecular complexity index is 587. The number of nitrogens with one attached hydrogen (secondary N) is 2. The Kier molecular flexibility index (Phi) is 5.69. The predicted octanol–water partition coefficient (Wildman–Crippen LogP) is 3.01. The minimum absolute atomic E-state index is 0.0219. The smallest absolute Gasteiger partial charge is 0.225 e. The summed E-state index contributed by atoms with van der Waals surface area (Å²) in [5, 5.41) is 10.2. The van der Waals surface area contributed by atoms with Gasteiger partial charge in [0, 0.05) is 23.7 Å². The molecule has 0 aliphatic carbocycles. The van der Waals surface area contributed by atoms with Crippen molar-refractivity contribution < 1.29 is 4.79 Å². The molecule has 22 heavy (non-hydrogen) atoms. The van der Waals surface area contributed by atoms with E-state index in [1.165, 1.54) is 0 Å². The van der Waals surface area contributed by atoms with Gasteiger partial charge in [-0.05, 0) is 31.9 Å². The molecule has 0 aromatic carbocycles. The van der Waals surface area contributed by atoms with Gasteiger partial charge in [-0.3, -0.25) is 14.9 Å². The van der Waals surface area contributed by atoms with Crippen LogP contribution in [0.15, 0.2) is 24.5 Å². The van der Waals surface area contributed by atoms with Crippen LogP contribution in [0, 0.1) is 13.8 Å². The van der Waals surface area contributed by atoms with Crippen molar-refractivity contribution in [2.75, 3.05) is 0 Å². The van der Waals surface area contributed by atoms with E-state index in [1.54, 1.807) is 6.20 Å². The van der Waals surface area contributed by atoms with Crippen LogP contribution < -0.4 is 5.32 Å². The van der Waals surface area contributed by atoms with E-state index in [2.05, 4.69) is 27.4 Å². The van der Waals surface area contributed by atoms with Crippen molar-refractivity contribution >= 4 is 5.91 Å². The summed E-state index contributed by atoms with van der Waals surface area (Å²) in [5.74, 6) is 0.0255. The number of carbonyl (C=O) groups excluding carboxylic acids is 1. The van der Waals surface area contributed by atoms with E-state index in [4.69, 9.17) is 0 Å². The average molecular weight is 300 g/mol. The summed E-state index contributed by atoms with van der Waals surface area (Å²) in [6.07, 6.45) is 7.04. The lowest BCUT2D eigenvalue weighted by molar-refractivity contribution is -0.121. The molecule has 0 radical (unpaired) electrons. The Morgan fingerprint density at radius 2 is 2.23 bits per heavy atom. The highest BCUT2D eigenvalue weighted by molar-refractivity contribution is 5.79. The number of hydrogen-bond donors (Lipinski definition) is 2.